The van der Waals surface area contributed by atoms with Crippen molar-refractivity contribution in [3.63, 3.8) is 0 Å². The maximum absolute atomic E-state index is 10.6. The third kappa shape index (κ3) is 6.89. The molecule has 0 spiro atoms. The fourth-order valence-corrected chi connectivity index (χ4v) is 1.51. The first-order valence-corrected chi connectivity index (χ1v) is 6.12. The normalized spacial score (nSPS) is 9.32. The summed E-state index contributed by atoms with van der Waals surface area (Å²) in [6.07, 6.45) is 1.59. The molecule has 0 aliphatic carbocycles. The maximum atomic E-state index is 10.6. The van der Waals surface area contributed by atoms with E-state index in [2.05, 4.69) is 17.2 Å². The molecule has 0 heterocycles. The van der Waals surface area contributed by atoms with Gasteiger partial charge < -0.3 is 10.4 Å². The van der Waals surface area contributed by atoms with Gasteiger partial charge in [0.15, 0.2) is 0 Å². The SMILES string of the molecule is CC(=O)NCC#Cc1ccc(CCCC(=O)O)cc1. The first-order valence-electron chi connectivity index (χ1n) is 6.12. The second-order valence-corrected chi connectivity index (χ2v) is 4.16. The van der Waals surface area contributed by atoms with Crippen molar-refractivity contribution in [3.05, 3.63) is 35.4 Å². The first kappa shape index (κ1) is 14.8. The minimum atomic E-state index is -0.763. The number of benzene rings is 1. The van der Waals surface area contributed by atoms with E-state index in [1.54, 1.807) is 0 Å². The van der Waals surface area contributed by atoms with Crippen LogP contribution in [0.1, 0.15) is 30.9 Å². The lowest BCUT2D eigenvalue weighted by Gasteiger charge is -1.99. The molecule has 0 saturated carbocycles. The number of amides is 1. The van der Waals surface area contributed by atoms with Gasteiger partial charge in [-0.3, -0.25) is 9.59 Å². The second kappa shape index (κ2) is 7.93. The Morgan fingerprint density at radius 1 is 1.26 bits per heavy atom. The number of carboxylic acids is 1. The van der Waals surface area contributed by atoms with E-state index in [0.717, 1.165) is 17.5 Å². The topological polar surface area (TPSA) is 66.4 Å². The average molecular weight is 259 g/mol. The molecular formula is C15H17NO3. The number of rotatable bonds is 5. The van der Waals surface area contributed by atoms with Crippen molar-refractivity contribution < 1.29 is 14.7 Å². The van der Waals surface area contributed by atoms with E-state index >= 15 is 0 Å². The summed E-state index contributed by atoms with van der Waals surface area (Å²) in [6, 6.07) is 7.70. The quantitative estimate of drug-likeness (QED) is 0.789. The summed E-state index contributed by atoms with van der Waals surface area (Å²) in [7, 11) is 0. The highest BCUT2D eigenvalue weighted by molar-refractivity contribution is 5.73. The zero-order valence-electron chi connectivity index (χ0n) is 10.9. The van der Waals surface area contributed by atoms with Crippen LogP contribution in [0.25, 0.3) is 0 Å². The van der Waals surface area contributed by atoms with E-state index in [4.69, 9.17) is 5.11 Å². The molecule has 1 aromatic rings. The van der Waals surface area contributed by atoms with Gasteiger partial charge in [-0.05, 0) is 30.5 Å². The van der Waals surface area contributed by atoms with Crippen LogP contribution in [0.4, 0.5) is 0 Å². The molecular weight excluding hydrogens is 242 g/mol. The van der Waals surface area contributed by atoms with Gasteiger partial charge >= 0.3 is 5.97 Å². The Kier molecular flexibility index (Phi) is 6.17. The van der Waals surface area contributed by atoms with Crippen LogP contribution in [-0.4, -0.2) is 23.5 Å². The molecule has 4 nitrogen and oxygen atoms in total. The third-order valence-electron chi connectivity index (χ3n) is 2.47. The summed E-state index contributed by atoms with van der Waals surface area (Å²) in [6.45, 7) is 1.79. The zero-order chi connectivity index (χ0) is 14.1. The molecule has 0 fully saturated rings. The van der Waals surface area contributed by atoms with Crippen molar-refractivity contribution in [1.29, 1.82) is 0 Å². The van der Waals surface area contributed by atoms with Crippen LogP contribution < -0.4 is 5.32 Å². The molecule has 0 aliphatic rings. The summed E-state index contributed by atoms with van der Waals surface area (Å²) < 4.78 is 0. The Balaban J connectivity index is 2.42. The number of aryl methyl sites for hydroxylation is 1. The van der Waals surface area contributed by atoms with E-state index in [9.17, 15) is 9.59 Å². The minimum absolute atomic E-state index is 0.0944. The van der Waals surface area contributed by atoms with Crippen molar-refractivity contribution in [2.24, 2.45) is 0 Å². The lowest BCUT2D eigenvalue weighted by atomic mass is 10.1. The van der Waals surface area contributed by atoms with Crippen molar-refractivity contribution in [2.75, 3.05) is 6.54 Å². The zero-order valence-corrected chi connectivity index (χ0v) is 10.9. The van der Waals surface area contributed by atoms with E-state index < -0.39 is 5.97 Å². The van der Waals surface area contributed by atoms with Crippen LogP contribution in [0.15, 0.2) is 24.3 Å². The summed E-state index contributed by atoms with van der Waals surface area (Å²) in [5.74, 6) is 4.94. The van der Waals surface area contributed by atoms with Crippen molar-refractivity contribution in [2.45, 2.75) is 26.2 Å². The Morgan fingerprint density at radius 2 is 1.95 bits per heavy atom. The predicted octanol–water partition coefficient (Wildman–Crippen LogP) is 1.58. The average Bonchev–Trinajstić information content (AvgIpc) is 2.36. The molecule has 19 heavy (non-hydrogen) atoms. The Morgan fingerprint density at radius 3 is 2.53 bits per heavy atom. The van der Waals surface area contributed by atoms with Gasteiger partial charge in [0.2, 0.25) is 5.91 Å². The molecule has 0 saturated heterocycles. The van der Waals surface area contributed by atoms with Crippen LogP contribution in [0.2, 0.25) is 0 Å². The van der Waals surface area contributed by atoms with Gasteiger partial charge in [-0.2, -0.15) is 0 Å². The number of nitrogens with one attached hydrogen (secondary N) is 1. The lowest BCUT2D eigenvalue weighted by molar-refractivity contribution is -0.137. The first-order chi connectivity index (χ1) is 9.08. The van der Waals surface area contributed by atoms with Crippen LogP contribution in [0, 0.1) is 11.8 Å². The molecule has 0 aromatic heterocycles. The van der Waals surface area contributed by atoms with Crippen LogP contribution in [-0.2, 0) is 16.0 Å². The smallest absolute Gasteiger partial charge is 0.303 e. The van der Waals surface area contributed by atoms with E-state index in [-0.39, 0.29) is 12.3 Å². The molecule has 4 heteroatoms. The number of carbonyl (C=O) groups excluding carboxylic acids is 1. The van der Waals surface area contributed by atoms with Crippen LogP contribution in [0.3, 0.4) is 0 Å². The molecule has 0 bridgehead atoms. The molecule has 1 rings (SSSR count). The molecule has 1 amide bonds. The van der Waals surface area contributed by atoms with Gasteiger partial charge in [-0.15, -0.1) is 0 Å². The van der Waals surface area contributed by atoms with Gasteiger partial charge in [-0.1, -0.05) is 24.0 Å². The molecule has 1 aromatic carbocycles. The highest BCUT2D eigenvalue weighted by Crippen LogP contribution is 2.07. The largest absolute Gasteiger partial charge is 0.481 e. The van der Waals surface area contributed by atoms with E-state index in [0.29, 0.717) is 13.0 Å². The van der Waals surface area contributed by atoms with Crippen LogP contribution in [0.5, 0.6) is 0 Å². The van der Waals surface area contributed by atoms with Gasteiger partial charge in [0.1, 0.15) is 0 Å². The summed E-state index contributed by atoms with van der Waals surface area (Å²) >= 11 is 0. The highest BCUT2D eigenvalue weighted by atomic mass is 16.4. The third-order valence-corrected chi connectivity index (χ3v) is 2.47. The minimum Gasteiger partial charge on any atom is -0.481 e. The standard InChI is InChI=1S/C15H17NO3/c1-12(17)16-11-3-5-14-9-7-13(8-10-14)4-2-6-15(18)19/h7-10H,2,4,6,11H2,1H3,(H,16,17)(H,18,19). The van der Waals surface area contributed by atoms with Crippen molar-refractivity contribution in [1.82, 2.24) is 5.32 Å². The fraction of sp³-hybridized carbons (Fsp3) is 0.333. The number of hydrogen-bond donors (Lipinski definition) is 2. The fourth-order valence-electron chi connectivity index (χ4n) is 1.51. The molecule has 100 valence electrons. The molecule has 2 N–H and O–H groups in total. The van der Waals surface area contributed by atoms with Gasteiger partial charge in [0, 0.05) is 18.9 Å². The van der Waals surface area contributed by atoms with Crippen molar-refractivity contribution in [3.8, 4) is 11.8 Å². The number of carbonyl (C=O) groups is 2. The van der Waals surface area contributed by atoms with Crippen molar-refractivity contribution >= 4 is 11.9 Å². The summed E-state index contributed by atoms with van der Waals surface area (Å²) in [4.78, 5) is 21.0. The summed E-state index contributed by atoms with van der Waals surface area (Å²) in [5.41, 5.74) is 1.99. The number of carboxylic acid groups (broad SMARTS) is 1. The van der Waals surface area contributed by atoms with Crippen LogP contribution >= 0.6 is 0 Å². The van der Waals surface area contributed by atoms with E-state index in [1.807, 2.05) is 24.3 Å². The second-order valence-electron chi connectivity index (χ2n) is 4.16. The van der Waals surface area contributed by atoms with Gasteiger partial charge in [0.25, 0.3) is 0 Å². The monoisotopic (exact) mass is 259 g/mol. The predicted molar refractivity (Wildman–Crippen MR) is 72.6 cm³/mol. The van der Waals surface area contributed by atoms with E-state index in [1.165, 1.54) is 6.92 Å². The molecule has 0 unspecified atom stereocenters. The number of hydrogen-bond acceptors (Lipinski definition) is 2. The number of aliphatic carboxylic acids is 1. The maximum Gasteiger partial charge on any atom is 0.303 e. The molecule has 0 aliphatic heterocycles. The highest BCUT2D eigenvalue weighted by Gasteiger charge is 1.98. The van der Waals surface area contributed by atoms with Gasteiger partial charge in [-0.25, -0.2) is 0 Å². The Labute approximate surface area is 112 Å². The Bertz CT molecular complexity index is 494. The lowest BCUT2D eigenvalue weighted by Crippen LogP contribution is -2.19. The van der Waals surface area contributed by atoms with Gasteiger partial charge in [0.05, 0.1) is 6.54 Å². The Hall–Kier alpha value is -2.28. The molecule has 0 radical (unpaired) electrons. The molecule has 0 atom stereocenters. The summed E-state index contributed by atoms with van der Waals surface area (Å²) in [5, 5.41) is 11.1.